The topological polar surface area (TPSA) is 60.2 Å². The Hall–Kier alpha value is -1.75. The highest BCUT2D eigenvalue weighted by atomic mass is 79.9. The van der Waals surface area contributed by atoms with Crippen molar-refractivity contribution in [3.8, 4) is 5.88 Å². The van der Waals surface area contributed by atoms with Gasteiger partial charge in [-0.25, -0.2) is 0 Å². The lowest BCUT2D eigenvalue weighted by atomic mass is 10.2. The lowest BCUT2D eigenvalue weighted by Crippen LogP contribution is -2.24. The Balaban J connectivity index is 2.26. The number of benzene rings is 1. The van der Waals surface area contributed by atoms with E-state index >= 15 is 0 Å². The quantitative estimate of drug-likeness (QED) is 0.846. The number of nitrogen functional groups attached to an aromatic ring is 1. The number of rotatable bonds is 3. The number of ether oxygens (including phenoxy) is 1. The Labute approximate surface area is 133 Å². The molecule has 4 nitrogen and oxygen atoms in total. The highest BCUT2D eigenvalue weighted by Gasteiger charge is 2.15. The third kappa shape index (κ3) is 4.36. The first kappa shape index (κ1) is 15.6. The zero-order chi connectivity index (χ0) is 15.6. The minimum atomic E-state index is -0.343. The molecule has 0 amide bonds. The molecule has 0 bridgehead atoms. The minimum Gasteiger partial charge on any atom is -0.470 e. The SMILES string of the molecule is Cc1ccc(Nc2ccc(N)c(OC(C)(C)C)n2)c(Br)c1. The van der Waals surface area contributed by atoms with Crippen LogP contribution in [0.2, 0.25) is 0 Å². The van der Waals surface area contributed by atoms with E-state index in [1.807, 2.05) is 52.0 Å². The van der Waals surface area contributed by atoms with Crippen LogP contribution >= 0.6 is 15.9 Å². The van der Waals surface area contributed by atoms with Crippen molar-refractivity contribution in [3.63, 3.8) is 0 Å². The largest absolute Gasteiger partial charge is 0.470 e. The fourth-order valence-corrected chi connectivity index (χ4v) is 2.34. The van der Waals surface area contributed by atoms with Crippen LogP contribution in [0.1, 0.15) is 26.3 Å². The van der Waals surface area contributed by atoms with E-state index in [9.17, 15) is 0 Å². The third-order valence-electron chi connectivity index (χ3n) is 2.68. The van der Waals surface area contributed by atoms with Crippen LogP contribution in [0.5, 0.6) is 5.88 Å². The van der Waals surface area contributed by atoms with E-state index in [0.29, 0.717) is 17.4 Å². The number of nitrogens with two attached hydrogens (primary N) is 1. The summed E-state index contributed by atoms with van der Waals surface area (Å²) in [6, 6.07) is 9.71. The van der Waals surface area contributed by atoms with Crippen LogP contribution < -0.4 is 15.8 Å². The Bertz CT molecular complexity index is 650. The molecule has 0 saturated heterocycles. The number of pyridine rings is 1. The Kier molecular flexibility index (Phi) is 4.42. The molecule has 0 radical (unpaired) electrons. The molecule has 0 spiro atoms. The summed E-state index contributed by atoms with van der Waals surface area (Å²) in [5, 5.41) is 3.26. The first-order valence-electron chi connectivity index (χ1n) is 6.73. The van der Waals surface area contributed by atoms with Gasteiger partial charge in [0.05, 0.1) is 11.4 Å². The summed E-state index contributed by atoms with van der Waals surface area (Å²) >= 11 is 3.54. The molecule has 1 aromatic carbocycles. The maximum atomic E-state index is 5.92. The van der Waals surface area contributed by atoms with Gasteiger partial charge in [0.25, 0.3) is 0 Å². The van der Waals surface area contributed by atoms with Gasteiger partial charge in [-0.15, -0.1) is 0 Å². The van der Waals surface area contributed by atoms with Crippen molar-refractivity contribution in [3.05, 3.63) is 40.4 Å². The zero-order valence-electron chi connectivity index (χ0n) is 12.7. The van der Waals surface area contributed by atoms with Crippen molar-refractivity contribution in [2.24, 2.45) is 0 Å². The van der Waals surface area contributed by atoms with Crippen molar-refractivity contribution in [1.29, 1.82) is 0 Å². The third-order valence-corrected chi connectivity index (χ3v) is 3.34. The normalized spacial score (nSPS) is 11.3. The van der Waals surface area contributed by atoms with Crippen LogP contribution in [0, 0.1) is 6.92 Å². The zero-order valence-corrected chi connectivity index (χ0v) is 14.3. The summed E-state index contributed by atoms with van der Waals surface area (Å²) in [6.07, 6.45) is 0. The molecule has 21 heavy (non-hydrogen) atoms. The van der Waals surface area contributed by atoms with Crippen molar-refractivity contribution >= 4 is 33.1 Å². The highest BCUT2D eigenvalue weighted by Crippen LogP contribution is 2.29. The molecule has 0 saturated carbocycles. The molecule has 3 N–H and O–H groups in total. The molecule has 2 aromatic rings. The summed E-state index contributed by atoms with van der Waals surface area (Å²) in [5.41, 5.74) is 8.23. The molecule has 0 aliphatic heterocycles. The number of hydrogen-bond acceptors (Lipinski definition) is 4. The van der Waals surface area contributed by atoms with Crippen molar-refractivity contribution in [2.45, 2.75) is 33.3 Å². The van der Waals surface area contributed by atoms with Crippen molar-refractivity contribution in [1.82, 2.24) is 4.98 Å². The van der Waals surface area contributed by atoms with E-state index in [-0.39, 0.29) is 5.60 Å². The van der Waals surface area contributed by atoms with E-state index in [2.05, 4.69) is 26.2 Å². The Morgan fingerprint density at radius 3 is 2.52 bits per heavy atom. The van der Waals surface area contributed by atoms with Crippen LogP contribution in [0.3, 0.4) is 0 Å². The van der Waals surface area contributed by atoms with E-state index in [4.69, 9.17) is 10.5 Å². The van der Waals surface area contributed by atoms with Crippen LogP contribution in [0.4, 0.5) is 17.2 Å². The van der Waals surface area contributed by atoms with Crippen molar-refractivity contribution in [2.75, 3.05) is 11.1 Å². The van der Waals surface area contributed by atoms with Gasteiger partial charge >= 0.3 is 0 Å². The van der Waals surface area contributed by atoms with Gasteiger partial charge in [-0.3, -0.25) is 0 Å². The summed E-state index contributed by atoms with van der Waals surface area (Å²) in [6.45, 7) is 7.94. The molecule has 0 aliphatic rings. The molecule has 112 valence electrons. The molecule has 2 rings (SSSR count). The minimum absolute atomic E-state index is 0.343. The van der Waals surface area contributed by atoms with Gasteiger partial charge < -0.3 is 15.8 Å². The van der Waals surface area contributed by atoms with Crippen LogP contribution in [0.25, 0.3) is 0 Å². The molecule has 0 fully saturated rings. The van der Waals surface area contributed by atoms with Crippen molar-refractivity contribution < 1.29 is 4.74 Å². The lowest BCUT2D eigenvalue weighted by Gasteiger charge is -2.21. The second-order valence-corrected chi connectivity index (χ2v) is 6.77. The number of aromatic nitrogens is 1. The molecular weight excluding hydrogens is 330 g/mol. The summed E-state index contributed by atoms with van der Waals surface area (Å²) in [4.78, 5) is 4.44. The van der Waals surface area contributed by atoms with Gasteiger partial charge in [0.1, 0.15) is 11.4 Å². The standard InChI is InChI=1S/C16H20BrN3O/c1-10-5-7-13(11(17)9-10)19-14-8-6-12(18)15(20-14)21-16(2,3)4/h5-9H,18H2,1-4H3,(H,19,20). The number of hydrogen-bond donors (Lipinski definition) is 2. The second-order valence-electron chi connectivity index (χ2n) is 5.91. The predicted molar refractivity (Wildman–Crippen MR) is 91.2 cm³/mol. The number of anilines is 3. The fraction of sp³-hybridized carbons (Fsp3) is 0.312. The monoisotopic (exact) mass is 349 g/mol. The second kappa shape index (κ2) is 5.93. The summed E-state index contributed by atoms with van der Waals surface area (Å²) in [7, 11) is 0. The molecule has 5 heteroatoms. The molecular formula is C16H20BrN3O. The van der Waals surface area contributed by atoms with Gasteiger partial charge in [-0.05, 0) is 73.5 Å². The van der Waals surface area contributed by atoms with Gasteiger partial charge in [0, 0.05) is 4.47 Å². The average Bonchev–Trinajstić information content (AvgIpc) is 2.35. The van der Waals surface area contributed by atoms with Crippen LogP contribution in [-0.4, -0.2) is 10.6 Å². The first-order valence-corrected chi connectivity index (χ1v) is 7.52. The molecule has 1 heterocycles. The maximum Gasteiger partial charge on any atom is 0.239 e. The smallest absolute Gasteiger partial charge is 0.239 e. The first-order chi connectivity index (χ1) is 9.74. The average molecular weight is 350 g/mol. The fourth-order valence-electron chi connectivity index (χ4n) is 1.75. The van der Waals surface area contributed by atoms with E-state index in [1.165, 1.54) is 5.56 Å². The van der Waals surface area contributed by atoms with Gasteiger partial charge in [0.15, 0.2) is 0 Å². The van der Waals surface area contributed by atoms with Gasteiger partial charge in [-0.2, -0.15) is 4.98 Å². The summed E-state index contributed by atoms with van der Waals surface area (Å²) in [5.74, 6) is 1.13. The molecule has 1 aromatic heterocycles. The van der Waals surface area contributed by atoms with E-state index in [0.717, 1.165) is 10.2 Å². The van der Waals surface area contributed by atoms with Gasteiger partial charge in [0.2, 0.25) is 5.88 Å². The number of aryl methyl sites for hydroxylation is 1. The Morgan fingerprint density at radius 2 is 1.90 bits per heavy atom. The van der Waals surface area contributed by atoms with Crippen LogP contribution in [-0.2, 0) is 0 Å². The summed E-state index contributed by atoms with van der Waals surface area (Å²) < 4.78 is 6.76. The molecule has 0 aliphatic carbocycles. The number of halogens is 1. The van der Waals surface area contributed by atoms with E-state index in [1.54, 1.807) is 6.07 Å². The Morgan fingerprint density at radius 1 is 1.19 bits per heavy atom. The van der Waals surface area contributed by atoms with E-state index < -0.39 is 0 Å². The maximum absolute atomic E-state index is 5.92. The lowest BCUT2D eigenvalue weighted by molar-refractivity contribution is 0.125. The predicted octanol–water partition coefficient (Wildman–Crippen LogP) is 4.66. The van der Waals surface area contributed by atoms with Gasteiger partial charge in [-0.1, -0.05) is 6.07 Å². The highest BCUT2D eigenvalue weighted by molar-refractivity contribution is 9.10. The molecule has 0 atom stereocenters. The molecule has 0 unspecified atom stereocenters. The number of nitrogens with one attached hydrogen (secondary N) is 1. The van der Waals surface area contributed by atoms with Crippen LogP contribution in [0.15, 0.2) is 34.8 Å². The number of nitrogens with zero attached hydrogens (tertiary/aromatic N) is 1.